The van der Waals surface area contributed by atoms with E-state index in [4.69, 9.17) is 14.1 Å². The average Bonchev–Trinajstić information content (AvgIpc) is 3.44. The number of aromatic nitrogens is 2. The maximum absolute atomic E-state index is 12.4. The normalized spacial score (nSPS) is 11.9. The molecule has 0 bridgehead atoms. The third kappa shape index (κ3) is 4.53. The molecule has 0 spiro atoms. The highest BCUT2D eigenvalue weighted by atomic mass is 16.5. The van der Waals surface area contributed by atoms with Crippen molar-refractivity contribution in [1.82, 2.24) is 14.9 Å². The second-order valence-electron chi connectivity index (χ2n) is 7.23. The number of nitrogens with one attached hydrogen (secondary N) is 1. The molecular formula is C25H25N3O3. The number of amides is 1. The van der Waals surface area contributed by atoms with E-state index >= 15 is 0 Å². The third-order valence-electron chi connectivity index (χ3n) is 5.07. The molecule has 6 heteroatoms. The molecule has 0 radical (unpaired) electrons. The second-order valence-corrected chi connectivity index (χ2v) is 7.23. The summed E-state index contributed by atoms with van der Waals surface area (Å²) in [5, 5.41) is 2.97. The van der Waals surface area contributed by atoms with Crippen LogP contribution in [0.3, 0.4) is 0 Å². The zero-order valence-corrected chi connectivity index (χ0v) is 17.5. The fourth-order valence-corrected chi connectivity index (χ4v) is 3.62. The zero-order valence-electron chi connectivity index (χ0n) is 17.5. The Labute approximate surface area is 181 Å². The maximum Gasteiger partial charge on any atom is 0.287 e. The smallest absolute Gasteiger partial charge is 0.287 e. The van der Waals surface area contributed by atoms with E-state index in [-0.39, 0.29) is 17.7 Å². The first-order valence-corrected chi connectivity index (χ1v) is 10.3. The van der Waals surface area contributed by atoms with Crippen molar-refractivity contribution in [1.29, 1.82) is 0 Å². The van der Waals surface area contributed by atoms with E-state index in [0.29, 0.717) is 13.2 Å². The van der Waals surface area contributed by atoms with Crippen molar-refractivity contribution >= 4 is 16.9 Å². The average molecular weight is 415 g/mol. The Hall–Kier alpha value is -3.80. The zero-order chi connectivity index (χ0) is 21.6. The highest BCUT2D eigenvalue weighted by molar-refractivity contribution is 5.91. The Bertz CT molecular complexity index is 1180. The number of hydrogen-bond donors (Lipinski definition) is 1. The fraction of sp³-hybridized carbons (Fsp3) is 0.200. The summed E-state index contributed by atoms with van der Waals surface area (Å²) >= 11 is 0. The van der Waals surface area contributed by atoms with E-state index in [1.165, 1.54) is 6.26 Å². The number of benzene rings is 2. The molecule has 158 valence electrons. The minimum atomic E-state index is -0.307. The number of carbonyl (C=O) groups is 1. The highest BCUT2D eigenvalue weighted by Crippen LogP contribution is 2.23. The van der Waals surface area contributed by atoms with E-state index < -0.39 is 0 Å². The van der Waals surface area contributed by atoms with Crippen LogP contribution in [0.15, 0.2) is 84.0 Å². The van der Waals surface area contributed by atoms with Crippen molar-refractivity contribution in [2.75, 3.05) is 6.61 Å². The summed E-state index contributed by atoms with van der Waals surface area (Å²) in [5.41, 5.74) is 2.98. The molecule has 0 aliphatic carbocycles. The summed E-state index contributed by atoms with van der Waals surface area (Å²) in [7, 11) is 0. The van der Waals surface area contributed by atoms with E-state index in [9.17, 15) is 4.79 Å². The molecule has 0 unspecified atom stereocenters. The topological polar surface area (TPSA) is 69.3 Å². The van der Waals surface area contributed by atoms with Gasteiger partial charge in [-0.3, -0.25) is 4.79 Å². The van der Waals surface area contributed by atoms with Crippen molar-refractivity contribution in [3.63, 3.8) is 0 Å². The van der Waals surface area contributed by atoms with Gasteiger partial charge in [-0.2, -0.15) is 0 Å². The molecule has 0 saturated carbocycles. The Morgan fingerprint density at radius 2 is 2.00 bits per heavy atom. The number of rotatable bonds is 9. The maximum atomic E-state index is 12.4. The number of carbonyl (C=O) groups excluding carboxylic acids is 1. The van der Waals surface area contributed by atoms with Gasteiger partial charge in [-0.1, -0.05) is 36.4 Å². The largest absolute Gasteiger partial charge is 0.491 e. The van der Waals surface area contributed by atoms with E-state index in [1.54, 1.807) is 12.1 Å². The van der Waals surface area contributed by atoms with Gasteiger partial charge in [0.2, 0.25) is 0 Å². The molecule has 4 rings (SSSR count). The molecule has 0 saturated heterocycles. The monoisotopic (exact) mass is 415 g/mol. The minimum absolute atomic E-state index is 0.272. The van der Waals surface area contributed by atoms with E-state index in [1.807, 2.05) is 61.5 Å². The van der Waals surface area contributed by atoms with Crippen LogP contribution in [0.4, 0.5) is 0 Å². The number of hydrogen-bond acceptors (Lipinski definition) is 4. The molecule has 1 N–H and O–H groups in total. The van der Waals surface area contributed by atoms with Gasteiger partial charge in [-0.05, 0) is 49.2 Å². The lowest BCUT2D eigenvalue weighted by atomic mass is 10.1. The molecule has 0 fully saturated rings. The minimum Gasteiger partial charge on any atom is -0.491 e. The fourth-order valence-electron chi connectivity index (χ4n) is 3.62. The predicted octanol–water partition coefficient (Wildman–Crippen LogP) is 4.93. The van der Waals surface area contributed by atoms with Crippen LogP contribution >= 0.6 is 0 Å². The lowest BCUT2D eigenvalue weighted by Gasteiger charge is -2.17. The number of fused-ring (bicyclic) bond motifs is 1. The molecule has 2 aromatic carbocycles. The second kappa shape index (κ2) is 9.34. The van der Waals surface area contributed by atoms with Crippen LogP contribution in [-0.4, -0.2) is 22.1 Å². The van der Waals surface area contributed by atoms with Gasteiger partial charge in [-0.25, -0.2) is 4.98 Å². The first-order valence-electron chi connectivity index (χ1n) is 10.3. The van der Waals surface area contributed by atoms with E-state index in [0.717, 1.165) is 34.6 Å². The molecule has 31 heavy (non-hydrogen) atoms. The van der Waals surface area contributed by atoms with Crippen LogP contribution in [0, 0.1) is 0 Å². The summed E-state index contributed by atoms with van der Waals surface area (Å²) in [6, 6.07) is 18.9. The first kappa shape index (κ1) is 20.5. The van der Waals surface area contributed by atoms with Crippen molar-refractivity contribution in [2.45, 2.75) is 25.9 Å². The molecular weight excluding hydrogens is 390 g/mol. The lowest BCUT2D eigenvalue weighted by Crippen LogP contribution is -2.29. The van der Waals surface area contributed by atoms with Crippen molar-refractivity contribution < 1.29 is 13.9 Å². The van der Waals surface area contributed by atoms with E-state index in [2.05, 4.69) is 16.5 Å². The van der Waals surface area contributed by atoms with Crippen LogP contribution in [0.2, 0.25) is 0 Å². The molecule has 1 amide bonds. The Morgan fingerprint density at radius 1 is 1.19 bits per heavy atom. The van der Waals surface area contributed by atoms with Gasteiger partial charge >= 0.3 is 0 Å². The Morgan fingerprint density at radius 3 is 2.81 bits per heavy atom. The predicted molar refractivity (Wildman–Crippen MR) is 120 cm³/mol. The Kier molecular flexibility index (Phi) is 6.17. The molecule has 0 aliphatic heterocycles. The van der Waals surface area contributed by atoms with Gasteiger partial charge in [0.25, 0.3) is 5.91 Å². The van der Waals surface area contributed by atoms with Gasteiger partial charge in [0, 0.05) is 0 Å². The summed E-state index contributed by atoms with van der Waals surface area (Å²) in [5.74, 6) is 1.62. The van der Waals surface area contributed by atoms with Crippen molar-refractivity contribution in [3.8, 4) is 5.75 Å². The van der Waals surface area contributed by atoms with Crippen LogP contribution in [0.25, 0.3) is 11.0 Å². The lowest BCUT2D eigenvalue weighted by molar-refractivity contribution is 0.0909. The van der Waals surface area contributed by atoms with Crippen molar-refractivity contribution in [2.24, 2.45) is 0 Å². The van der Waals surface area contributed by atoms with Crippen molar-refractivity contribution in [3.05, 3.63) is 96.7 Å². The van der Waals surface area contributed by atoms with Gasteiger partial charge in [-0.15, -0.1) is 6.58 Å². The number of para-hydroxylation sites is 3. The van der Waals surface area contributed by atoms with Crippen LogP contribution in [0.5, 0.6) is 5.75 Å². The summed E-state index contributed by atoms with van der Waals surface area (Å²) in [6.45, 7) is 6.80. The third-order valence-corrected chi connectivity index (χ3v) is 5.07. The SMILES string of the molecule is C=CCc1ccccc1OCCn1c([C@H](C)NC(=O)c2ccco2)nc2ccccc21. The van der Waals surface area contributed by atoms with Gasteiger partial charge in [0.15, 0.2) is 5.76 Å². The quantitative estimate of drug-likeness (QED) is 0.394. The summed E-state index contributed by atoms with van der Waals surface area (Å²) < 4.78 is 13.4. The number of allylic oxidation sites excluding steroid dienone is 1. The van der Waals surface area contributed by atoms with Crippen LogP contribution < -0.4 is 10.1 Å². The Balaban J connectivity index is 1.54. The molecule has 0 aliphatic rings. The number of furan rings is 1. The highest BCUT2D eigenvalue weighted by Gasteiger charge is 2.20. The van der Waals surface area contributed by atoms with Crippen LogP contribution in [-0.2, 0) is 13.0 Å². The summed E-state index contributed by atoms with van der Waals surface area (Å²) in [6.07, 6.45) is 4.11. The van der Waals surface area contributed by atoms with Crippen LogP contribution in [0.1, 0.15) is 34.9 Å². The summed E-state index contributed by atoms with van der Waals surface area (Å²) in [4.78, 5) is 17.2. The number of nitrogens with zero attached hydrogens (tertiary/aromatic N) is 2. The first-order chi connectivity index (χ1) is 15.2. The molecule has 6 nitrogen and oxygen atoms in total. The molecule has 2 aromatic heterocycles. The van der Waals surface area contributed by atoms with Gasteiger partial charge in [0.05, 0.1) is 29.9 Å². The number of ether oxygens (including phenoxy) is 1. The molecule has 1 atom stereocenters. The number of imidazole rings is 1. The standard InChI is InChI=1S/C25H25N3O3/c1-3-9-19-10-4-7-13-22(19)31-17-15-28-21-12-6-5-11-20(21)27-24(28)18(2)26-25(29)23-14-8-16-30-23/h3-8,10-14,16,18H,1,9,15,17H2,2H3,(H,26,29)/t18-/m0/s1. The molecule has 4 aromatic rings. The van der Waals surface area contributed by atoms with Gasteiger partial charge in [0.1, 0.15) is 18.2 Å². The molecule has 2 heterocycles. The van der Waals surface area contributed by atoms with Gasteiger partial charge < -0.3 is 19.0 Å².